The van der Waals surface area contributed by atoms with Crippen molar-refractivity contribution >= 4 is 12.6 Å². The van der Waals surface area contributed by atoms with Crippen molar-refractivity contribution in [3.8, 4) is 5.75 Å². The van der Waals surface area contributed by atoms with E-state index in [0.717, 1.165) is 31.0 Å². The molecule has 16 heavy (non-hydrogen) atoms. The molecule has 0 saturated carbocycles. The molecule has 0 heterocycles. The molecule has 0 radical (unpaired) electrons. The molecule has 90 valence electrons. The fraction of sp³-hybridized carbons (Fsp3) is 0.538. The van der Waals surface area contributed by atoms with Gasteiger partial charge in [-0.2, -0.15) is 12.6 Å². The highest BCUT2D eigenvalue weighted by Gasteiger charge is 1.97. The monoisotopic (exact) mass is 239 g/mol. The average molecular weight is 239 g/mol. The molecule has 1 rings (SSSR count). The standard InChI is InChI=1S/C13H21NOS/c1-11(2)15-13-5-3-12(4-6-13)7-8-14-9-10-16/h3-6,11,14,16H,7-10H2,1-2H3. The highest BCUT2D eigenvalue weighted by atomic mass is 32.1. The summed E-state index contributed by atoms with van der Waals surface area (Å²) in [5.74, 6) is 1.84. The maximum Gasteiger partial charge on any atom is 0.119 e. The van der Waals surface area contributed by atoms with Crippen molar-refractivity contribution in [1.82, 2.24) is 5.32 Å². The van der Waals surface area contributed by atoms with Gasteiger partial charge in [0, 0.05) is 12.3 Å². The van der Waals surface area contributed by atoms with E-state index in [-0.39, 0.29) is 6.10 Å². The van der Waals surface area contributed by atoms with Crippen LogP contribution in [0.4, 0.5) is 0 Å². The molecule has 0 aliphatic rings. The highest BCUT2D eigenvalue weighted by molar-refractivity contribution is 7.80. The van der Waals surface area contributed by atoms with E-state index in [2.05, 4.69) is 30.1 Å². The first-order chi connectivity index (χ1) is 7.72. The van der Waals surface area contributed by atoms with E-state index >= 15 is 0 Å². The van der Waals surface area contributed by atoms with Gasteiger partial charge in [0.05, 0.1) is 6.10 Å². The van der Waals surface area contributed by atoms with Crippen LogP contribution in [0.25, 0.3) is 0 Å². The van der Waals surface area contributed by atoms with Gasteiger partial charge in [0.15, 0.2) is 0 Å². The summed E-state index contributed by atoms with van der Waals surface area (Å²) >= 11 is 4.15. The third kappa shape index (κ3) is 5.42. The highest BCUT2D eigenvalue weighted by Crippen LogP contribution is 2.13. The second kappa shape index (κ2) is 7.58. The second-order valence-electron chi connectivity index (χ2n) is 4.03. The van der Waals surface area contributed by atoms with Crippen LogP contribution in [0.2, 0.25) is 0 Å². The van der Waals surface area contributed by atoms with Gasteiger partial charge in [-0.25, -0.2) is 0 Å². The van der Waals surface area contributed by atoms with Crippen LogP contribution < -0.4 is 10.1 Å². The quantitative estimate of drug-likeness (QED) is 0.563. The molecule has 2 nitrogen and oxygen atoms in total. The molecule has 0 bridgehead atoms. The van der Waals surface area contributed by atoms with E-state index in [1.807, 2.05) is 26.0 Å². The maximum atomic E-state index is 5.59. The summed E-state index contributed by atoms with van der Waals surface area (Å²) < 4.78 is 5.59. The molecule has 0 unspecified atom stereocenters. The van der Waals surface area contributed by atoms with Gasteiger partial charge in [-0.3, -0.25) is 0 Å². The summed E-state index contributed by atoms with van der Waals surface area (Å²) in [6.45, 7) is 6.05. The zero-order valence-electron chi connectivity index (χ0n) is 10.1. The number of thiol groups is 1. The van der Waals surface area contributed by atoms with Crippen molar-refractivity contribution in [3.63, 3.8) is 0 Å². The van der Waals surface area contributed by atoms with Crippen LogP contribution >= 0.6 is 12.6 Å². The Hall–Kier alpha value is -0.670. The second-order valence-corrected chi connectivity index (χ2v) is 4.48. The van der Waals surface area contributed by atoms with E-state index in [1.165, 1.54) is 5.56 Å². The first-order valence-electron chi connectivity index (χ1n) is 5.79. The van der Waals surface area contributed by atoms with Crippen molar-refractivity contribution in [2.24, 2.45) is 0 Å². The Kier molecular flexibility index (Phi) is 6.34. The van der Waals surface area contributed by atoms with E-state index in [9.17, 15) is 0 Å². The molecule has 0 fully saturated rings. The van der Waals surface area contributed by atoms with Crippen LogP contribution in [0, 0.1) is 0 Å². The Labute approximate surface area is 104 Å². The summed E-state index contributed by atoms with van der Waals surface area (Å²) in [6, 6.07) is 8.32. The summed E-state index contributed by atoms with van der Waals surface area (Å²) in [5, 5.41) is 3.32. The van der Waals surface area contributed by atoms with Crippen LogP contribution in [-0.2, 0) is 6.42 Å². The van der Waals surface area contributed by atoms with Crippen molar-refractivity contribution in [2.45, 2.75) is 26.4 Å². The fourth-order valence-electron chi connectivity index (χ4n) is 1.44. The minimum Gasteiger partial charge on any atom is -0.491 e. The number of nitrogens with one attached hydrogen (secondary N) is 1. The smallest absolute Gasteiger partial charge is 0.119 e. The molecule has 0 atom stereocenters. The largest absolute Gasteiger partial charge is 0.491 e. The Morgan fingerprint density at radius 2 is 1.88 bits per heavy atom. The first kappa shape index (κ1) is 13.4. The van der Waals surface area contributed by atoms with Crippen molar-refractivity contribution in [1.29, 1.82) is 0 Å². The molecular weight excluding hydrogens is 218 g/mol. The predicted octanol–water partition coefficient (Wildman–Crippen LogP) is 2.54. The number of hydrogen-bond donors (Lipinski definition) is 2. The van der Waals surface area contributed by atoms with Crippen LogP contribution in [0.5, 0.6) is 5.75 Å². The van der Waals surface area contributed by atoms with E-state index in [1.54, 1.807) is 0 Å². The predicted molar refractivity (Wildman–Crippen MR) is 72.6 cm³/mol. The van der Waals surface area contributed by atoms with E-state index in [0.29, 0.717) is 0 Å². The van der Waals surface area contributed by atoms with Gasteiger partial charge in [-0.15, -0.1) is 0 Å². The van der Waals surface area contributed by atoms with Gasteiger partial charge in [0.25, 0.3) is 0 Å². The van der Waals surface area contributed by atoms with Gasteiger partial charge in [0.2, 0.25) is 0 Å². The van der Waals surface area contributed by atoms with Crippen LogP contribution in [0.15, 0.2) is 24.3 Å². The maximum absolute atomic E-state index is 5.59. The molecule has 0 saturated heterocycles. The third-order valence-electron chi connectivity index (χ3n) is 2.17. The summed E-state index contributed by atoms with van der Waals surface area (Å²) in [5.41, 5.74) is 1.34. The number of rotatable bonds is 7. The molecule has 3 heteroatoms. The number of hydrogen-bond acceptors (Lipinski definition) is 3. The Balaban J connectivity index is 2.33. The minimum absolute atomic E-state index is 0.239. The topological polar surface area (TPSA) is 21.3 Å². The van der Waals surface area contributed by atoms with Crippen molar-refractivity contribution in [2.75, 3.05) is 18.8 Å². The van der Waals surface area contributed by atoms with Gasteiger partial charge in [-0.05, 0) is 44.5 Å². The SMILES string of the molecule is CC(C)Oc1ccc(CCNCCS)cc1. The Morgan fingerprint density at radius 3 is 2.44 bits per heavy atom. The Bertz CT molecular complexity index is 284. The van der Waals surface area contributed by atoms with Gasteiger partial charge >= 0.3 is 0 Å². The van der Waals surface area contributed by atoms with E-state index < -0.39 is 0 Å². The molecular formula is C13H21NOS. The molecule has 0 aliphatic carbocycles. The van der Waals surface area contributed by atoms with E-state index in [4.69, 9.17) is 4.74 Å². The summed E-state index contributed by atoms with van der Waals surface area (Å²) in [4.78, 5) is 0. The molecule has 0 spiro atoms. The summed E-state index contributed by atoms with van der Waals surface area (Å²) in [6.07, 6.45) is 1.29. The lowest BCUT2D eigenvalue weighted by Crippen LogP contribution is -2.19. The van der Waals surface area contributed by atoms with Crippen molar-refractivity contribution < 1.29 is 4.74 Å². The lowest BCUT2D eigenvalue weighted by molar-refractivity contribution is 0.242. The fourth-order valence-corrected chi connectivity index (χ4v) is 1.60. The van der Waals surface area contributed by atoms with Crippen molar-refractivity contribution in [3.05, 3.63) is 29.8 Å². The zero-order valence-corrected chi connectivity index (χ0v) is 11.0. The zero-order chi connectivity index (χ0) is 11.8. The lowest BCUT2D eigenvalue weighted by Gasteiger charge is -2.10. The number of ether oxygens (including phenoxy) is 1. The Morgan fingerprint density at radius 1 is 1.19 bits per heavy atom. The summed E-state index contributed by atoms with van der Waals surface area (Å²) in [7, 11) is 0. The molecule has 0 aliphatic heterocycles. The van der Waals surface area contributed by atoms with Crippen LogP contribution in [0.1, 0.15) is 19.4 Å². The molecule has 1 N–H and O–H groups in total. The lowest BCUT2D eigenvalue weighted by atomic mass is 10.1. The van der Waals surface area contributed by atoms with Crippen LogP contribution in [0.3, 0.4) is 0 Å². The van der Waals surface area contributed by atoms with Crippen LogP contribution in [-0.4, -0.2) is 24.9 Å². The molecule has 0 aromatic heterocycles. The normalized spacial score (nSPS) is 10.8. The molecule has 0 amide bonds. The number of benzene rings is 1. The minimum atomic E-state index is 0.239. The molecule has 1 aromatic rings. The molecule has 1 aromatic carbocycles. The van der Waals surface area contributed by atoms with Gasteiger partial charge in [0.1, 0.15) is 5.75 Å². The first-order valence-corrected chi connectivity index (χ1v) is 6.43. The van der Waals surface area contributed by atoms with Gasteiger partial charge < -0.3 is 10.1 Å². The third-order valence-corrected chi connectivity index (χ3v) is 2.40. The average Bonchev–Trinajstić information content (AvgIpc) is 2.26. The van der Waals surface area contributed by atoms with Gasteiger partial charge in [-0.1, -0.05) is 12.1 Å².